The van der Waals surface area contributed by atoms with E-state index < -0.39 is 29.3 Å². The van der Waals surface area contributed by atoms with E-state index in [2.05, 4.69) is 0 Å². The molecular formula is C16H10N2O7. The monoisotopic (exact) mass is 342 g/mol. The molecule has 1 N–H and O–H groups in total. The van der Waals surface area contributed by atoms with Gasteiger partial charge in [0.15, 0.2) is 6.61 Å². The molecule has 0 unspecified atom stereocenters. The number of carboxylic acid groups (broad SMARTS) is 1. The van der Waals surface area contributed by atoms with Gasteiger partial charge in [-0.2, -0.15) is 0 Å². The van der Waals surface area contributed by atoms with Gasteiger partial charge >= 0.3 is 5.97 Å². The highest BCUT2D eigenvalue weighted by Gasteiger charge is 2.37. The molecule has 0 fully saturated rings. The fourth-order valence-corrected chi connectivity index (χ4v) is 2.41. The molecule has 126 valence electrons. The minimum Gasteiger partial charge on any atom is -0.482 e. The number of carbonyl (C=O) groups is 3. The number of anilines is 1. The van der Waals surface area contributed by atoms with Crippen LogP contribution in [-0.4, -0.2) is 34.4 Å². The number of nitrogens with zero attached hydrogens (tertiary/aromatic N) is 2. The Bertz CT molecular complexity index is 905. The lowest BCUT2D eigenvalue weighted by molar-refractivity contribution is -0.384. The summed E-state index contributed by atoms with van der Waals surface area (Å²) >= 11 is 0. The summed E-state index contributed by atoms with van der Waals surface area (Å²) in [4.78, 5) is 46.4. The first-order chi connectivity index (χ1) is 11.9. The number of carboxylic acids is 1. The van der Waals surface area contributed by atoms with Crippen molar-refractivity contribution in [1.29, 1.82) is 0 Å². The van der Waals surface area contributed by atoms with E-state index in [9.17, 15) is 24.5 Å². The fraction of sp³-hybridized carbons (Fsp3) is 0.0625. The lowest BCUT2D eigenvalue weighted by Gasteiger charge is -2.14. The zero-order chi connectivity index (χ0) is 18.1. The van der Waals surface area contributed by atoms with Crippen molar-refractivity contribution in [3.8, 4) is 5.75 Å². The van der Waals surface area contributed by atoms with Gasteiger partial charge in [0.05, 0.1) is 21.7 Å². The van der Waals surface area contributed by atoms with Gasteiger partial charge in [-0.05, 0) is 30.3 Å². The third-order valence-corrected chi connectivity index (χ3v) is 3.54. The van der Waals surface area contributed by atoms with Crippen LogP contribution in [0.3, 0.4) is 0 Å². The first-order valence-corrected chi connectivity index (χ1v) is 7.00. The summed E-state index contributed by atoms with van der Waals surface area (Å²) < 4.78 is 4.98. The van der Waals surface area contributed by atoms with Crippen molar-refractivity contribution in [3.05, 3.63) is 63.7 Å². The van der Waals surface area contributed by atoms with Gasteiger partial charge in [0.25, 0.3) is 17.5 Å². The van der Waals surface area contributed by atoms with Crippen molar-refractivity contribution in [3.63, 3.8) is 0 Å². The number of amides is 2. The Labute approximate surface area is 140 Å². The van der Waals surface area contributed by atoms with Crippen LogP contribution in [0.25, 0.3) is 0 Å². The van der Waals surface area contributed by atoms with Gasteiger partial charge in [0, 0.05) is 12.1 Å². The third-order valence-electron chi connectivity index (χ3n) is 3.54. The molecule has 0 radical (unpaired) electrons. The zero-order valence-electron chi connectivity index (χ0n) is 12.5. The Morgan fingerprint density at radius 3 is 2.32 bits per heavy atom. The molecule has 2 aromatic carbocycles. The number of aliphatic carboxylic acids is 1. The summed E-state index contributed by atoms with van der Waals surface area (Å²) in [5.74, 6) is -2.12. The number of hydrogen-bond donors (Lipinski definition) is 1. The molecule has 2 amide bonds. The lowest BCUT2D eigenvalue weighted by atomic mass is 10.1. The molecule has 0 saturated carbocycles. The Kier molecular flexibility index (Phi) is 3.89. The highest BCUT2D eigenvalue weighted by atomic mass is 16.6. The van der Waals surface area contributed by atoms with Gasteiger partial charge in [0.2, 0.25) is 0 Å². The van der Waals surface area contributed by atoms with E-state index in [1.54, 1.807) is 0 Å². The minimum atomic E-state index is -1.13. The van der Waals surface area contributed by atoms with Crippen molar-refractivity contribution in [1.82, 2.24) is 0 Å². The normalized spacial score (nSPS) is 12.9. The molecule has 9 heteroatoms. The molecule has 3 rings (SSSR count). The van der Waals surface area contributed by atoms with Crippen LogP contribution in [0.4, 0.5) is 11.4 Å². The number of non-ortho nitro benzene ring substituents is 1. The first-order valence-electron chi connectivity index (χ1n) is 7.00. The van der Waals surface area contributed by atoms with E-state index >= 15 is 0 Å². The van der Waals surface area contributed by atoms with Crippen LogP contribution in [0.5, 0.6) is 5.75 Å². The fourth-order valence-electron chi connectivity index (χ4n) is 2.41. The quantitative estimate of drug-likeness (QED) is 0.499. The van der Waals surface area contributed by atoms with E-state index in [0.29, 0.717) is 0 Å². The predicted molar refractivity (Wildman–Crippen MR) is 83.8 cm³/mol. The number of carbonyl (C=O) groups excluding carboxylic acids is 2. The summed E-state index contributed by atoms with van der Waals surface area (Å²) in [7, 11) is 0. The Morgan fingerprint density at radius 2 is 1.72 bits per heavy atom. The van der Waals surface area contributed by atoms with Crippen molar-refractivity contribution >= 4 is 29.2 Å². The van der Waals surface area contributed by atoms with Gasteiger partial charge < -0.3 is 9.84 Å². The molecule has 2 aromatic rings. The van der Waals surface area contributed by atoms with Crippen molar-refractivity contribution in [2.24, 2.45) is 0 Å². The maximum Gasteiger partial charge on any atom is 0.341 e. The van der Waals surface area contributed by atoms with E-state index in [-0.39, 0.29) is 28.3 Å². The average Bonchev–Trinajstić information content (AvgIpc) is 2.84. The zero-order valence-corrected chi connectivity index (χ0v) is 12.5. The standard InChI is InChI=1S/C16H10N2O7/c19-14(20)8-25-11-4-1-9(2-5-11)17-15(21)12-6-3-10(18(23)24)7-13(12)16(17)22/h1-7H,8H2,(H,19,20). The van der Waals surface area contributed by atoms with Gasteiger partial charge in [-0.3, -0.25) is 19.7 Å². The molecule has 0 bridgehead atoms. The van der Waals surface area contributed by atoms with Crippen LogP contribution in [0.1, 0.15) is 20.7 Å². The molecule has 0 atom stereocenters. The second-order valence-electron chi connectivity index (χ2n) is 5.11. The Balaban J connectivity index is 1.88. The maximum absolute atomic E-state index is 12.5. The molecule has 0 aromatic heterocycles. The van der Waals surface area contributed by atoms with Gasteiger partial charge in [0.1, 0.15) is 5.75 Å². The van der Waals surface area contributed by atoms with Crippen molar-refractivity contribution in [2.45, 2.75) is 0 Å². The van der Waals surface area contributed by atoms with Crippen LogP contribution in [0, 0.1) is 10.1 Å². The third kappa shape index (κ3) is 2.90. The molecule has 0 spiro atoms. The molecule has 25 heavy (non-hydrogen) atoms. The van der Waals surface area contributed by atoms with Gasteiger partial charge in [-0.15, -0.1) is 0 Å². The summed E-state index contributed by atoms with van der Waals surface area (Å²) in [6.45, 7) is -0.518. The second-order valence-corrected chi connectivity index (χ2v) is 5.11. The molecule has 9 nitrogen and oxygen atoms in total. The van der Waals surface area contributed by atoms with Crippen molar-refractivity contribution in [2.75, 3.05) is 11.5 Å². The van der Waals surface area contributed by atoms with Gasteiger partial charge in [-0.1, -0.05) is 0 Å². The lowest BCUT2D eigenvalue weighted by Crippen LogP contribution is -2.29. The number of nitro benzene ring substituents is 1. The van der Waals surface area contributed by atoms with Crippen LogP contribution in [0.2, 0.25) is 0 Å². The molecule has 1 aliphatic heterocycles. The number of rotatable bonds is 5. The number of nitro groups is 1. The maximum atomic E-state index is 12.5. The number of ether oxygens (including phenoxy) is 1. The molecular weight excluding hydrogens is 332 g/mol. The number of fused-ring (bicyclic) bond motifs is 1. The second kappa shape index (κ2) is 6.04. The molecule has 0 aliphatic carbocycles. The molecule has 1 heterocycles. The highest BCUT2D eigenvalue weighted by Crippen LogP contribution is 2.31. The topological polar surface area (TPSA) is 127 Å². The SMILES string of the molecule is O=C(O)COc1ccc(N2C(=O)c3ccc([N+](=O)[O-])cc3C2=O)cc1. The van der Waals surface area contributed by atoms with E-state index in [1.807, 2.05) is 0 Å². The number of hydrogen-bond acceptors (Lipinski definition) is 6. The average molecular weight is 342 g/mol. The summed E-state index contributed by atoms with van der Waals surface area (Å²) in [5, 5.41) is 19.4. The largest absolute Gasteiger partial charge is 0.482 e. The van der Waals surface area contributed by atoms with Crippen LogP contribution in [-0.2, 0) is 4.79 Å². The van der Waals surface area contributed by atoms with Crippen LogP contribution < -0.4 is 9.64 Å². The Hall–Kier alpha value is -3.75. The van der Waals surface area contributed by atoms with E-state index in [0.717, 1.165) is 17.0 Å². The summed E-state index contributed by atoms with van der Waals surface area (Å²) in [5.41, 5.74) is 0.0166. The molecule has 0 saturated heterocycles. The van der Waals surface area contributed by atoms with Crippen LogP contribution >= 0.6 is 0 Å². The highest BCUT2D eigenvalue weighted by molar-refractivity contribution is 6.34. The van der Waals surface area contributed by atoms with Crippen molar-refractivity contribution < 1.29 is 29.2 Å². The Morgan fingerprint density at radius 1 is 1.08 bits per heavy atom. The first kappa shape index (κ1) is 16.1. The van der Waals surface area contributed by atoms with Gasteiger partial charge in [-0.25, -0.2) is 9.69 Å². The predicted octanol–water partition coefficient (Wildman–Crippen LogP) is 1.86. The minimum absolute atomic E-state index is 0.0367. The number of benzene rings is 2. The van der Waals surface area contributed by atoms with E-state index in [4.69, 9.17) is 9.84 Å². The summed E-state index contributed by atoms with van der Waals surface area (Å²) in [6, 6.07) is 9.17. The van der Waals surface area contributed by atoms with Crippen LogP contribution in [0.15, 0.2) is 42.5 Å². The van der Waals surface area contributed by atoms with E-state index in [1.165, 1.54) is 30.3 Å². The summed E-state index contributed by atoms with van der Waals surface area (Å²) in [6.07, 6.45) is 0. The molecule has 1 aliphatic rings. The number of imide groups is 1. The smallest absolute Gasteiger partial charge is 0.341 e.